The van der Waals surface area contributed by atoms with Gasteiger partial charge < -0.3 is 5.32 Å². The number of carbonyl (C=O) groups is 1. The molecule has 1 fully saturated rings. The Labute approximate surface area is 111 Å². The molecule has 0 saturated heterocycles. The Balaban J connectivity index is 2.22. The number of aryl methyl sites for hydroxylation is 1. The van der Waals surface area contributed by atoms with Crippen LogP contribution >= 0.6 is 10.7 Å². The Kier molecular flexibility index (Phi) is 3.64. The number of hydrogen-bond donors (Lipinski definition) is 1. The van der Waals surface area contributed by atoms with Gasteiger partial charge in [0.25, 0.3) is 15.0 Å². The Bertz CT molecular complexity index is 579. The fourth-order valence-corrected chi connectivity index (χ4v) is 2.43. The molecule has 4 nitrogen and oxygen atoms in total. The number of halogens is 1. The van der Waals surface area contributed by atoms with Crippen molar-refractivity contribution in [2.24, 2.45) is 5.92 Å². The van der Waals surface area contributed by atoms with Crippen molar-refractivity contribution < 1.29 is 13.2 Å². The van der Waals surface area contributed by atoms with E-state index in [1.807, 2.05) is 0 Å². The van der Waals surface area contributed by atoms with Crippen LogP contribution in [0, 0.1) is 12.8 Å². The number of nitrogens with one attached hydrogen (secondary N) is 1. The van der Waals surface area contributed by atoms with E-state index in [9.17, 15) is 13.2 Å². The Hall–Kier alpha value is -1.07. The van der Waals surface area contributed by atoms with Crippen LogP contribution in [0.2, 0.25) is 0 Å². The fourth-order valence-electron chi connectivity index (χ4n) is 1.65. The van der Waals surface area contributed by atoms with E-state index in [0.717, 1.165) is 18.4 Å². The molecule has 0 unspecified atom stereocenters. The molecule has 1 N–H and O–H groups in total. The van der Waals surface area contributed by atoms with Crippen LogP contribution in [-0.2, 0) is 9.05 Å². The molecule has 98 valence electrons. The second kappa shape index (κ2) is 4.90. The van der Waals surface area contributed by atoms with Crippen molar-refractivity contribution in [1.82, 2.24) is 5.32 Å². The molecule has 1 saturated carbocycles. The molecule has 0 bridgehead atoms. The maximum atomic E-state index is 11.9. The molecule has 1 amide bonds. The van der Waals surface area contributed by atoms with Crippen LogP contribution in [0.1, 0.15) is 28.8 Å². The molecule has 0 aliphatic heterocycles. The number of hydrogen-bond acceptors (Lipinski definition) is 3. The number of rotatable bonds is 4. The van der Waals surface area contributed by atoms with Gasteiger partial charge in [0, 0.05) is 22.8 Å². The summed E-state index contributed by atoms with van der Waals surface area (Å²) < 4.78 is 22.5. The second-order valence-electron chi connectivity index (χ2n) is 4.57. The first-order valence-corrected chi connectivity index (χ1v) is 8.02. The zero-order valence-electron chi connectivity index (χ0n) is 9.94. The summed E-state index contributed by atoms with van der Waals surface area (Å²) in [7, 11) is 1.46. The first-order chi connectivity index (χ1) is 8.38. The number of carbonyl (C=O) groups excluding carboxylic acids is 1. The van der Waals surface area contributed by atoms with Gasteiger partial charge in [0.1, 0.15) is 0 Å². The van der Waals surface area contributed by atoms with Crippen LogP contribution in [0.25, 0.3) is 0 Å². The maximum absolute atomic E-state index is 11.9. The summed E-state index contributed by atoms with van der Waals surface area (Å²) in [5, 5.41) is 2.80. The lowest BCUT2D eigenvalue weighted by molar-refractivity contribution is 0.0951. The molecular weight excluding hydrogens is 274 g/mol. The molecule has 0 heterocycles. The smallest absolute Gasteiger partial charge is 0.261 e. The molecule has 1 aromatic rings. The first-order valence-electron chi connectivity index (χ1n) is 5.71. The summed E-state index contributed by atoms with van der Waals surface area (Å²) >= 11 is 0. The third-order valence-electron chi connectivity index (χ3n) is 2.98. The highest BCUT2D eigenvalue weighted by Gasteiger charge is 2.22. The van der Waals surface area contributed by atoms with Gasteiger partial charge in [-0.25, -0.2) is 8.42 Å². The van der Waals surface area contributed by atoms with E-state index < -0.39 is 9.05 Å². The van der Waals surface area contributed by atoms with E-state index in [-0.39, 0.29) is 10.8 Å². The van der Waals surface area contributed by atoms with Crippen molar-refractivity contribution in [1.29, 1.82) is 0 Å². The van der Waals surface area contributed by atoms with E-state index in [2.05, 4.69) is 5.32 Å². The Morgan fingerprint density at radius 3 is 2.67 bits per heavy atom. The minimum Gasteiger partial charge on any atom is -0.352 e. The van der Waals surface area contributed by atoms with Gasteiger partial charge in [0.15, 0.2) is 0 Å². The second-order valence-corrected chi connectivity index (χ2v) is 7.13. The molecule has 6 heteroatoms. The Morgan fingerprint density at radius 2 is 2.11 bits per heavy atom. The van der Waals surface area contributed by atoms with Crippen molar-refractivity contribution in [3.8, 4) is 0 Å². The minimum absolute atomic E-state index is 0.0497. The number of benzene rings is 1. The monoisotopic (exact) mass is 287 g/mol. The molecule has 18 heavy (non-hydrogen) atoms. The minimum atomic E-state index is -3.80. The van der Waals surface area contributed by atoms with Gasteiger partial charge in [-0.05, 0) is 43.4 Å². The van der Waals surface area contributed by atoms with Gasteiger partial charge in [-0.2, -0.15) is 0 Å². The molecule has 1 aliphatic rings. The summed E-state index contributed by atoms with van der Waals surface area (Å²) in [6.07, 6.45) is 2.30. The highest BCUT2D eigenvalue weighted by Crippen LogP contribution is 2.27. The SMILES string of the molecule is Cc1ccc(S(=O)(=O)Cl)cc1C(=O)NCC1CC1. The van der Waals surface area contributed by atoms with Crippen LogP contribution in [0.15, 0.2) is 23.1 Å². The highest BCUT2D eigenvalue weighted by atomic mass is 35.7. The largest absolute Gasteiger partial charge is 0.352 e. The van der Waals surface area contributed by atoms with Crippen LogP contribution in [-0.4, -0.2) is 20.9 Å². The maximum Gasteiger partial charge on any atom is 0.261 e. The molecule has 0 aromatic heterocycles. The predicted octanol–water partition coefficient (Wildman–Crippen LogP) is 2.06. The van der Waals surface area contributed by atoms with Gasteiger partial charge in [-0.1, -0.05) is 6.07 Å². The highest BCUT2D eigenvalue weighted by molar-refractivity contribution is 8.13. The van der Waals surface area contributed by atoms with E-state index >= 15 is 0 Å². The van der Waals surface area contributed by atoms with Crippen molar-refractivity contribution in [3.63, 3.8) is 0 Å². The van der Waals surface area contributed by atoms with Crippen LogP contribution in [0.4, 0.5) is 0 Å². The predicted molar refractivity (Wildman–Crippen MR) is 69.3 cm³/mol. The summed E-state index contributed by atoms with van der Waals surface area (Å²) in [4.78, 5) is 11.9. The topological polar surface area (TPSA) is 63.2 Å². The average molecular weight is 288 g/mol. The number of amides is 1. The van der Waals surface area contributed by atoms with E-state index in [1.54, 1.807) is 13.0 Å². The Morgan fingerprint density at radius 1 is 1.44 bits per heavy atom. The van der Waals surface area contributed by atoms with Gasteiger partial charge in [-0.3, -0.25) is 4.79 Å². The zero-order chi connectivity index (χ0) is 13.3. The van der Waals surface area contributed by atoms with E-state index in [4.69, 9.17) is 10.7 Å². The third-order valence-corrected chi connectivity index (χ3v) is 4.33. The summed E-state index contributed by atoms with van der Waals surface area (Å²) in [5.74, 6) is 0.329. The zero-order valence-corrected chi connectivity index (χ0v) is 11.5. The lowest BCUT2D eigenvalue weighted by Gasteiger charge is -2.08. The summed E-state index contributed by atoms with van der Waals surface area (Å²) in [6.45, 7) is 2.41. The van der Waals surface area contributed by atoms with Gasteiger partial charge in [0.05, 0.1) is 4.90 Å². The summed E-state index contributed by atoms with van der Waals surface area (Å²) in [6, 6.07) is 4.30. The van der Waals surface area contributed by atoms with Crippen molar-refractivity contribution in [2.75, 3.05) is 6.54 Å². The van der Waals surface area contributed by atoms with Gasteiger partial charge >= 0.3 is 0 Å². The van der Waals surface area contributed by atoms with Crippen molar-refractivity contribution in [3.05, 3.63) is 29.3 Å². The normalized spacial score (nSPS) is 15.4. The third kappa shape index (κ3) is 3.23. The lowest BCUT2D eigenvalue weighted by Crippen LogP contribution is -2.26. The van der Waals surface area contributed by atoms with E-state index in [1.165, 1.54) is 12.1 Å². The molecular formula is C12H14ClNO3S. The molecule has 1 aromatic carbocycles. The van der Waals surface area contributed by atoms with Crippen molar-refractivity contribution >= 4 is 25.6 Å². The standard InChI is InChI=1S/C12H14ClNO3S/c1-8-2-5-10(18(13,16)17)6-11(8)12(15)14-7-9-3-4-9/h2,5-6,9H,3-4,7H2,1H3,(H,14,15). The van der Waals surface area contributed by atoms with E-state index in [0.29, 0.717) is 18.0 Å². The molecule has 1 aliphatic carbocycles. The molecule has 2 rings (SSSR count). The van der Waals surface area contributed by atoms with Gasteiger partial charge in [0.2, 0.25) is 0 Å². The molecule has 0 radical (unpaired) electrons. The molecule has 0 spiro atoms. The average Bonchev–Trinajstić information content (AvgIpc) is 3.08. The summed E-state index contributed by atoms with van der Waals surface area (Å²) in [5.41, 5.74) is 1.09. The fraction of sp³-hybridized carbons (Fsp3) is 0.417. The van der Waals surface area contributed by atoms with Gasteiger partial charge in [-0.15, -0.1) is 0 Å². The van der Waals surface area contributed by atoms with Crippen molar-refractivity contribution in [2.45, 2.75) is 24.7 Å². The quantitative estimate of drug-likeness (QED) is 0.862. The van der Waals surface area contributed by atoms with Crippen LogP contribution in [0.5, 0.6) is 0 Å². The van der Waals surface area contributed by atoms with Crippen LogP contribution in [0.3, 0.4) is 0 Å². The first kappa shape index (κ1) is 13.4. The lowest BCUT2D eigenvalue weighted by atomic mass is 10.1. The van der Waals surface area contributed by atoms with Crippen LogP contribution < -0.4 is 5.32 Å². The molecule has 0 atom stereocenters.